The fraction of sp³-hybridized carbons (Fsp3) is 0.120. The maximum absolute atomic E-state index is 13.7. The average Bonchev–Trinajstić information content (AvgIpc) is 3.45. The van der Waals surface area contributed by atoms with Crippen LogP contribution in [0.4, 0.5) is 0 Å². The van der Waals surface area contributed by atoms with Gasteiger partial charge in [-0.05, 0) is 91.1 Å². The largest absolute Gasteiger partial charge is 0.506 e. The maximum Gasteiger partial charge on any atom is 0.271 e. The molecule has 0 radical (unpaired) electrons. The summed E-state index contributed by atoms with van der Waals surface area (Å²) in [7, 11) is 0. The molecule has 0 saturated carbocycles. The molecule has 0 saturated heterocycles. The first-order chi connectivity index (χ1) is 16.0. The van der Waals surface area contributed by atoms with Crippen LogP contribution in [0.2, 0.25) is 0 Å². The summed E-state index contributed by atoms with van der Waals surface area (Å²) in [5.74, 6) is 0.137. The minimum atomic E-state index is -0.134. The van der Waals surface area contributed by atoms with Crippen LogP contribution >= 0.6 is 54.5 Å². The van der Waals surface area contributed by atoms with Gasteiger partial charge in [0.1, 0.15) is 5.75 Å². The smallest absolute Gasteiger partial charge is 0.271 e. The summed E-state index contributed by atoms with van der Waals surface area (Å²) < 4.78 is 3.62. The molecule has 0 fully saturated rings. The van der Waals surface area contributed by atoms with E-state index in [1.165, 1.54) is 28.0 Å². The Morgan fingerprint density at radius 3 is 2.64 bits per heavy atom. The van der Waals surface area contributed by atoms with Gasteiger partial charge >= 0.3 is 0 Å². The lowest BCUT2D eigenvalue weighted by atomic mass is 9.85. The number of aryl methyl sites for hydroxylation is 1. The van der Waals surface area contributed by atoms with Gasteiger partial charge in [-0.2, -0.15) is 0 Å². The first kappa shape index (κ1) is 21.3. The normalized spacial score (nSPS) is 17.4. The molecular weight excluding hydrogens is 584 g/mol. The minimum absolute atomic E-state index is 0.0390. The van der Waals surface area contributed by atoms with E-state index in [1.807, 2.05) is 16.7 Å². The van der Waals surface area contributed by atoms with Crippen LogP contribution in [0, 0.1) is 0 Å². The number of fused-ring (bicyclic) bond motifs is 3. The Kier molecular flexibility index (Phi) is 5.29. The highest BCUT2D eigenvalue weighted by atomic mass is 79.9. The molecule has 1 N–H and O–H groups in total. The van der Waals surface area contributed by atoms with Crippen molar-refractivity contribution in [2.45, 2.75) is 18.9 Å². The first-order valence-corrected chi connectivity index (χ1v) is 13.6. The Morgan fingerprint density at radius 2 is 1.88 bits per heavy atom. The van der Waals surface area contributed by atoms with Crippen LogP contribution in [-0.2, 0) is 6.42 Å². The molecule has 6 rings (SSSR count). The molecule has 2 aliphatic rings. The summed E-state index contributed by atoms with van der Waals surface area (Å²) in [5, 5.41) is 12.1. The fourth-order valence-corrected chi connectivity index (χ4v) is 7.61. The number of rotatable bonds is 2. The van der Waals surface area contributed by atoms with Gasteiger partial charge in [-0.1, -0.05) is 41.7 Å². The highest BCUT2D eigenvalue weighted by Crippen LogP contribution is 2.42. The zero-order chi connectivity index (χ0) is 22.7. The number of aromatic hydroxyl groups is 1. The molecule has 0 bridgehead atoms. The molecule has 0 amide bonds. The monoisotopic (exact) mass is 598 g/mol. The quantitative estimate of drug-likeness (QED) is 0.326. The van der Waals surface area contributed by atoms with Gasteiger partial charge in [0.05, 0.1) is 25.2 Å². The zero-order valence-electron chi connectivity index (χ0n) is 17.1. The average molecular weight is 600 g/mol. The second-order valence-electron chi connectivity index (χ2n) is 7.96. The lowest BCUT2D eigenvalue weighted by Gasteiger charge is -2.30. The number of allylic oxidation sites excluding steroid dienone is 1. The van der Waals surface area contributed by atoms with Gasteiger partial charge in [-0.3, -0.25) is 9.36 Å². The summed E-state index contributed by atoms with van der Waals surface area (Å²) in [6.45, 7) is 0. The van der Waals surface area contributed by atoms with Crippen molar-refractivity contribution in [1.29, 1.82) is 0 Å². The fourth-order valence-electron chi connectivity index (χ4n) is 4.54. The van der Waals surface area contributed by atoms with Crippen LogP contribution in [-0.4, -0.2) is 9.67 Å². The highest BCUT2D eigenvalue weighted by Gasteiger charge is 2.32. The third-order valence-corrected chi connectivity index (χ3v) is 9.14. The van der Waals surface area contributed by atoms with E-state index >= 15 is 0 Å². The molecule has 33 heavy (non-hydrogen) atoms. The predicted molar refractivity (Wildman–Crippen MR) is 141 cm³/mol. The standard InChI is InChI=1S/C25H16Br2N2O2S2/c26-17-10-13(11-18(27)23(17)30)12-20-24(31)29-22(19-6-3-9-32-19)16-8-7-14-4-1-2-5-15(14)21(16)28-25(29)33-20/h1-6,9-12,22,30H,7-8H2/b20-12+/t22-/m0/s1. The Morgan fingerprint density at radius 1 is 1.09 bits per heavy atom. The summed E-state index contributed by atoms with van der Waals surface area (Å²) in [5.41, 5.74) is 5.48. The minimum Gasteiger partial charge on any atom is -0.506 e. The highest BCUT2D eigenvalue weighted by molar-refractivity contribution is 9.11. The van der Waals surface area contributed by atoms with Gasteiger partial charge in [-0.15, -0.1) is 11.3 Å². The Labute approximate surface area is 214 Å². The lowest BCUT2D eigenvalue weighted by molar-refractivity contribution is 0.468. The SMILES string of the molecule is O=c1/c(=C\c2cc(Br)c(O)c(Br)c2)sc2n1[C@H](c1cccs1)C1=C(N=2)c2ccccc2CC1. The van der Waals surface area contributed by atoms with Gasteiger partial charge in [0.25, 0.3) is 5.56 Å². The van der Waals surface area contributed by atoms with Crippen molar-refractivity contribution in [2.75, 3.05) is 0 Å². The van der Waals surface area contributed by atoms with Gasteiger partial charge in [0.2, 0.25) is 0 Å². The molecule has 4 aromatic rings. The van der Waals surface area contributed by atoms with Crippen molar-refractivity contribution >= 4 is 66.3 Å². The number of hydrogen-bond donors (Lipinski definition) is 1. The zero-order valence-corrected chi connectivity index (χ0v) is 21.9. The topological polar surface area (TPSA) is 54.6 Å². The number of thiazole rings is 1. The van der Waals surface area contributed by atoms with E-state index in [2.05, 4.69) is 67.6 Å². The molecule has 3 heterocycles. The molecule has 0 unspecified atom stereocenters. The molecule has 8 heteroatoms. The third kappa shape index (κ3) is 3.51. The summed E-state index contributed by atoms with van der Waals surface area (Å²) in [6.07, 6.45) is 3.70. The molecule has 1 aliphatic heterocycles. The molecule has 2 aromatic heterocycles. The molecule has 2 aromatic carbocycles. The van der Waals surface area contributed by atoms with E-state index in [0.29, 0.717) is 13.5 Å². The number of halogens is 2. The maximum atomic E-state index is 13.7. The van der Waals surface area contributed by atoms with Crippen LogP contribution < -0.4 is 14.9 Å². The predicted octanol–water partition coefficient (Wildman–Crippen LogP) is 5.61. The van der Waals surface area contributed by atoms with Gasteiger partial charge in [-0.25, -0.2) is 4.99 Å². The molecular formula is C25H16Br2N2O2S2. The van der Waals surface area contributed by atoms with Crippen LogP contribution in [0.25, 0.3) is 11.8 Å². The second kappa shape index (κ2) is 8.20. The van der Waals surface area contributed by atoms with Crippen molar-refractivity contribution < 1.29 is 5.11 Å². The number of aromatic nitrogens is 1. The van der Waals surface area contributed by atoms with Crippen molar-refractivity contribution in [3.63, 3.8) is 0 Å². The van der Waals surface area contributed by atoms with Crippen LogP contribution in [0.5, 0.6) is 5.75 Å². The molecule has 1 aliphatic carbocycles. The summed E-state index contributed by atoms with van der Waals surface area (Å²) in [6, 6.07) is 16.1. The van der Waals surface area contributed by atoms with E-state index in [0.717, 1.165) is 33.8 Å². The number of phenols is 1. The number of nitrogens with zero attached hydrogens (tertiary/aromatic N) is 2. The molecule has 164 valence electrons. The van der Waals surface area contributed by atoms with Crippen molar-refractivity contribution in [2.24, 2.45) is 4.99 Å². The van der Waals surface area contributed by atoms with Gasteiger partial charge in [0, 0.05) is 10.4 Å². The first-order valence-electron chi connectivity index (χ1n) is 10.4. The second-order valence-corrected chi connectivity index (χ2v) is 11.7. The summed E-state index contributed by atoms with van der Waals surface area (Å²) >= 11 is 9.83. The van der Waals surface area contributed by atoms with E-state index in [4.69, 9.17) is 4.99 Å². The van der Waals surface area contributed by atoms with Crippen LogP contribution in [0.15, 0.2) is 78.2 Å². The van der Waals surface area contributed by atoms with Crippen molar-refractivity contribution in [3.8, 4) is 5.75 Å². The Bertz CT molecular complexity index is 1610. The number of benzene rings is 2. The molecule has 4 nitrogen and oxygen atoms in total. The number of hydrogen-bond acceptors (Lipinski definition) is 5. The Balaban J connectivity index is 1.61. The number of thiophene rings is 1. The van der Waals surface area contributed by atoms with E-state index in [-0.39, 0.29) is 17.4 Å². The van der Waals surface area contributed by atoms with Crippen LogP contribution in [0.3, 0.4) is 0 Å². The van der Waals surface area contributed by atoms with Crippen molar-refractivity contribution in [3.05, 3.63) is 110 Å². The molecule has 0 spiro atoms. The van der Waals surface area contributed by atoms with Gasteiger partial charge in [0.15, 0.2) is 4.80 Å². The third-order valence-electron chi connectivity index (χ3n) is 6.02. The molecule has 1 atom stereocenters. The number of phenolic OH excluding ortho intramolecular Hbond substituents is 1. The van der Waals surface area contributed by atoms with E-state index < -0.39 is 0 Å². The van der Waals surface area contributed by atoms with Crippen LogP contribution in [0.1, 0.15) is 34.0 Å². The Hall–Kier alpha value is -2.26. The lowest BCUT2D eigenvalue weighted by Crippen LogP contribution is -2.38. The summed E-state index contributed by atoms with van der Waals surface area (Å²) in [4.78, 5) is 20.6. The van der Waals surface area contributed by atoms with E-state index in [9.17, 15) is 9.90 Å². The van der Waals surface area contributed by atoms with Gasteiger partial charge < -0.3 is 5.11 Å². The van der Waals surface area contributed by atoms with E-state index in [1.54, 1.807) is 23.5 Å². The van der Waals surface area contributed by atoms with Crippen molar-refractivity contribution in [1.82, 2.24) is 4.57 Å².